The number of thiophene rings is 1. The zero-order valence-corrected chi connectivity index (χ0v) is 11.7. The molecule has 1 heterocycles. The molecule has 1 aromatic heterocycles. The van der Waals surface area contributed by atoms with Gasteiger partial charge in [0.1, 0.15) is 5.82 Å². The van der Waals surface area contributed by atoms with E-state index in [1.807, 2.05) is 18.5 Å². The lowest BCUT2D eigenvalue weighted by Gasteiger charge is -2.19. The number of rotatable bonds is 5. The fourth-order valence-corrected chi connectivity index (χ4v) is 2.77. The Morgan fingerprint density at radius 2 is 2.15 bits per heavy atom. The standard InChI is InChI=1S/C15H14FNO2S/c1-17(13-5-3-2-4-12(13)16)10-14-11(8-9-20-14)6-7-15(18)19/h2-9H,10H2,1H3,(H,18,19). The molecule has 1 aromatic carbocycles. The zero-order chi connectivity index (χ0) is 14.5. The van der Waals surface area contributed by atoms with Crippen LogP contribution in [0.5, 0.6) is 0 Å². The third kappa shape index (κ3) is 3.45. The van der Waals surface area contributed by atoms with Gasteiger partial charge in [-0.15, -0.1) is 11.3 Å². The van der Waals surface area contributed by atoms with Gasteiger partial charge in [-0.25, -0.2) is 9.18 Å². The van der Waals surface area contributed by atoms with Crippen LogP contribution < -0.4 is 4.90 Å². The smallest absolute Gasteiger partial charge is 0.328 e. The molecule has 0 spiro atoms. The number of halogens is 1. The highest BCUT2D eigenvalue weighted by Gasteiger charge is 2.10. The maximum Gasteiger partial charge on any atom is 0.328 e. The van der Waals surface area contributed by atoms with Crippen LogP contribution in [0.15, 0.2) is 41.8 Å². The third-order valence-corrected chi connectivity index (χ3v) is 3.75. The van der Waals surface area contributed by atoms with E-state index in [4.69, 9.17) is 5.11 Å². The van der Waals surface area contributed by atoms with E-state index in [0.717, 1.165) is 16.5 Å². The second kappa shape index (κ2) is 6.34. The molecule has 0 saturated heterocycles. The van der Waals surface area contributed by atoms with Crippen LogP contribution >= 0.6 is 11.3 Å². The minimum absolute atomic E-state index is 0.269. The predicted octanol–water partition coefficient (Wildman–Crippen LogP) is 3.62. The van der Waals surface area contributed by atoms with Gasteiger partial charge in [0.25, 0.3) is 0 Å². The van der Waals surface area contributed by atoms with Crippen LogP contribution in [0.1, 0.15) is 10.4 Å². The van der Waals surface area contributed by atoms with Crippen LogP contribution in [0.25, 0.3) is 6.08 Å². The van der Waals surface area contributed by atoms with Crippen LogP contribution in [0, 0.1) is 5.82 Å². The summed E-state index contributed by atoms with van der Waals surface area (Å²) in [6.45, 7) is 0.526. The number of nitrogens with zero attached hydrogens (tertiary/aromatic N) is 1. The van der Waals surface area contributed by atoms with Crippen molar-refractivity contribution in [1.82, 2.24) is 0 Å². The summed E-state index contributed by atoms with van der Waals surface area (Å²) in [6, 6.07) is 8.43. The molecule has 2 aromatic rings. The lowest BCUT2D eigenvalue weighted by molar-refractivity contribution is -0.131. The Balaban J connectivity index is 2.17. The summed E-state index contributed by atoms with van der Waals surface area (Å²) in [5.74, 6) is -1.25. The highest BCUT2D eigenvalue weighted by atomic mass is 32.1. The van der Waals surface area contributed by atoms with Gasteiger partial charge < -0.3 is 10.0 Å². The number of aliphatic carboxylic acids is 1. The summed E-state index contributed by atoms with van der Waals surface area (Å²) in [4.78, 5) is 13.3. The second-order valence-corrected chi connectivity index (χ2v) is 5.28. The van der Waals surface area contributed by atoms with E-state index < -0.39 is 5.97 Å². The molecule has 2 rings (SSSR count). The fourth-order valence-electron chi connectivity index (χ4n) is 1.85. The van der Waals surface area contributed by atoms with E-state index in [1.54, 1.807) is 29.2 Å². The molecule has 0 amide bonds. The topological polar surface area (TPSA) is 40.5 Å². The maximum absolute atomic E-state index is 13.7. The van der Waals surface area contributed by atoms with Gasteiger partial charge >= 0.3 is 5.97 Å². The molecule has 0 unspecified atom stereocenters. The van der Waals surface area contributed by atoms with Gasteiger partial charge in [0.05, 0.1) is 12.2 Å². The van der Waals surface area contributed by atoms with Gasteiger partial charge in [-0.1, -0.05) is 12.1 Å². The highest BCUT2D eigenvalue weighted by Crippen LogP contribution is 2.24. The lowest BCUT2D eigenvalue weighted by atomic mass is 10.2. The van der Waals surface area contributed by atoms with Gasteiger partial charge in [-0.05, 0) is 35.2 Å². The van der Waals surface area contributed by atoms with E-state index in [-0.39, 0.29) is 5.82 Å². The summed E-state index contributed by atoms with van der Waals surface area (Å²) in [5, 5.41) is 10.6. The summed E-state index contributed by atoms with van der Waals surface area (Å²) in [7, 11) is 1.81. The first kappa shape index (κ1) is 14.3. The number of hydrogen-bond acceptors (Lipinski definition) is 3. The minimum atomic E-state index is -0.982. The first-order valence-electron chi connectivity index (χ1n) is 6.01. The van der Waals surface area contributed by atoms with Crippen molar-refractivity contribution in [3.05, 3.63) is 58.0 Å². The van der Waals surface area contributed by atoms with Crippen LogP contribution in [0.3, 0.4) is 0 Å². The second-order valence-electron chi connectivity index (χ2n) is 4.28. The lowest BCUT2D eigenvalue weighted by Crippen LogP contribution is -2.17. The van der Waals surface area contributed by atoms with Crippen molar-refractivity contribution in [2.24, 2.45) is 0 Å². The average molecular weight is 291 g/mol. The molecule has 0 saturated carbocycles. The Morgan fingerprint density at radius 1 is 1.40 bits per heavy atom. The Kier molecular flexibility index (Phi) is 4.53. The molecule has 3 nitrogen and oxygen atoms in total. The Labute approximate surface area is 120 Å². The van der Waals surface area contributed by atoms with Gasteiger partial charge in [0, 0.05) is 18.0 Å². The molecule has 0 aliphatic carbocycles. The molecule has 0 fully saturated rings. The number of hydrogen-bond donors (Lipinski definition) is 1. The highest BCUT2D eigenvalue weighted by molar-refractivity contribution is 7.10. The first-order chi connectivity index (χ1) is 9.58. The Hall–Kier alpha value is -2.14. The molecule has 0 aliphatic rings. The number of anilines is 1. The molecular formula is C15H14FNO2S. The normalized spacial score (nSPS) is 10.9. The van der Waals surface area contributed by atoms with Gasteiger partial charge in [-0.3, -0.25) is 0 Å². The van der Waals surface area contributed by atoms with Crippen LogP contribution in [0.4, 0.5) is 10.1 Å². The molecule has 0 radical (unpaired) electrons. The maximum atomic E-state index is 13.7. The largest absolute Gasteiger partial charge is 0.478 e. The number of benzene rings is 1. The van der Waals surface area contributed by atoms with Crippen molar-refractivity contribution >= 4 is 29.1 Å². The zero-order valence-electron chi connectivity index (χ0n) is 10.9. The predicted molar refractivity (Wildman–Crippen MR) is 79.5 cm³/mol. The fraction of sp³-hybridized carbons (Fsp3) is 0.133. The van der Waals surface area contributed by atoms with E-state index in [9.17, 15) is 9.18 Å². The van der Waals surface area contributed by atoms with E-state index in [2.05, 4.69) is 0 Å². The average Bonchev–Trinajstić information content (AvgIpc) is 2.84. The van der Waals surface area contributed by atoms with E-state index >= 15 is 0 Å². The number of carbonyl (C=O) groups is 1. The molecule has 1 N–H and O–H groups in total. The van der Waals surface area contributed by atoms with Crippen LogP contribution in [-0.2, 0) is 11.3 Å². The van der Waals surface area contributed by atoms with Crippen molar-refractivity contribution < 1.29 is 14.3 Å². The first-order valence-corrected chi connectivity index (χ1v) is 6.89. The molecule has 20 heavy (non-hydrogen) atoms. The van der Waals surface area contributed by atoms with E-state index in [1.165, 1.54) is 17.4 Å². The van der Waals surface area contributed by atoms with Gasteiger partial charge in [-0.2, -0.15) is 0 Å². The summed E-state index contributed by atoms with van der Waals surface area (Å²) >= 11 is 1.52. The van der Waals surface area contributed by atoms with Crippen LogP contribution in [-0.4, -0.2) is 18.1 Å². The third-order valence-electron chi connectivity index (χ3n) is 2.83. The van der Waals surface area contributed by atoms with Gasteiger partial charge in [0.15, 0.2) is 0 Å². The van der Waals surface area contributed by atoms with Crippen molar-refractivity contribution in [3.63, 3.8) is 0 Å². The Bertz CT molecular complexity index is 636. The van der Waals surface area contributed by atoms with Crippen LogP contribution in [0.2, 0.25) is 0 Å². The van der Waals surface area contributed by atoms with Crippen molar-refractivity contribution in [2.75, 3.05) is 11.9 Å². The summed E-state index contributed by atoms with van der Waals surface area (Å²) in [5.41, 5.74) is 1.37. The summed E-state index contributed by atoms with van der Waals surface area (Å²) in [6.07, 6.45) is 2.66. The number of carboxylic acids is 1. The number of para-hydroxylation sites is 1. The van der Waals surface area contributed by atoms with Crippen molar-refractivity contribution in [2.45, 2.75) is 6.54 Å². The minimum Gasteiger partial charge on any atom is -0.478 e. The van der Waals surface area contributed by atoms with Crippen molar-refractivity contribution in [1.29, 1.82) is 0 Å². The van der Waals surface area contributed by atoms with Gasteiger partial charge in [0.2, 0.25) is 0 Å². The SMILES string of the molecule is CN(Cc1sccc1C=CC(=O)O)c1ccccc1F. The number of carboxylic acid groups (broad SMARTS) is 1. The summed E-state index contributed by atoms with van der Waals surface area (Å²) < 4.78 is 13.7. The molecule has 0 aliphatic heterocycles. The van der Waals surface area contributed by atoms with E-state index in [0.29, 0.717) is 12.2 Å². The molecule has 0 atom stereocenters. The molecule has 104 valence electrons. The molecule has 5 heteroatoms. The molecule has 0 bridgehead atoms. The molecular weight excluding hydrogens is 277 g/mol. The quantitative estimate of drug-likeness (QED) is 0.855. The Morgan fingerprint density at radius 3 is 2.85 bits per heavy atom. The van der Waals surface area contributed by atoms with Crippen molar-refractivity contribution in [3.8, 4) is 0 Å². The monoisotopic (exact) mass is 291 g/mol.